The third kappa shape index (κ3) is 4.80. The number of nitro groups is 1. The Hall–Kier alpha value is -2.38. The van der Waals surface area contributed by atoms with Gasteiger partial charge in [0.2, 0.25) is 5.75 Å². The molecule has 0 fully saturated rings. The summed E-state index contributed by atoms with van der Waals surface area (Å²) in [6.07, 6.45) is 0. The van der Waals surface area contributed by atoms with Crippen LogP contribution >= 0.6 is 23.2 Å². The van der Waals surface area contributed by atoms with Gasteiger partial charge < -0.3 is 10.1 Å². The topological polar surface area (TPSA) is 81.5 Å². The summed E-state index contributed by atoms with van der Waals surface area (Å²) >= 11 is 11.6. The van der Waals surface area contributed by atoms with Crippen LogP contribution in [0.3, 0.4) is 0 Å². The summed E-state index contributed by atoms with van der Waals surface area (Å²) in [6, 6.07) is 7.15. The summed E-state index contributed by atoms with van der Waals surface area (Å²) in [6.45, 7) is -0.547. The van der Waals surface area contributed by atoms with Gasteiger partial charge in [0.25, 0.3) is 5.91 Å². The number of amides is 1. The van der Waals surface area contributed by atoms with Gasteiger partial charge in [-0.25, -0.2) is 4.39 Å². The Kier molecular flexibility index (Phi) is 5.36. The lowest BCUT2D eigenvalue weighted by Gasteiger charge is -2.08. The number of nitro benzene ring substituents is 1. The molecule has 0 saturated carbocycles. The molecule has 1 amide bonds. The molecule has 6 nitrogen and oxygen atoms in total. The molecule has 2 aromatic carbocycles. The molecule has 2 rings (SSSR count). The summed E-state index contributed by atoms with van der Waals surface area (Å²) < 4.78 is 18.2. The molecular formula is C14H9Cl2FN2O4. The van der Waals surface area contributed by atoms with Gasteiger partial charge >= 0.3 is 5.69 Å². The molecule has 2 aromatic rings. The second-order valence-electron chi connectivity index (χ2n) is 4.36. The van der Waals surface area contributed by atoms with Crippen molar-refractivity contribution in [1.29, 1.82) is 0 Å². The van der Waals surface area contributed by atoms with Crippen molar-refractivity contribution in [2.45, 2.75) is 0 Å². The van der Waals surface area contributed by atoms with Gasteiger partial charge in [0, 0.05) is 27.9 Å². The molecule has 0 unspecified atom stereocenters. The van der Waals surface area contributed by atoms with E-state index >= 15 is 0 Å². The zero-order valence-electron chi connectivity index (χ0n) is 11.4. The summed E-state index contributed by atoms with van der Waals surface area (Å²) in [4.78, 5) is 21.9. The maximum atomic E-state index is 13.1. The van der Waals surface area contributed by atoms with Crippen LogP contribution in [0.5, 0.6) is 5.75 Å². The monoisotopic (exact) mass is 358 g/mol. The Morgan fingerprint density at radius 2 is 1.87 bits per heavy atom. The van der Waals surface area contributed by atoms with Crippen molar-refractivity contribution in [3.63, 3.8) is 0 Å². The van der Waals surface area contributed by atoms with Crippen LogP contribution in [0, 0.1) is 15.9 Å². The smallest absolute Gasteiger partial charge is 0.311 e. The molecule has 0 bridgehead atoms. The fourth-order valence-electron chi connectivity index (χ4n) is 1.72. The SMILES string of the molecule is O=C(COc1cc(F)ccc1[N+](=O)[O-])Nc1cc(Cl)cc(Cl)c1. The highest BCUT2D eigenvalue weighted by atomic mass is 35.5. The van der Waals surface area contributed by atoms with Crippen LogP contribution in [0.4, 0.5) is 15.8 Å². The first-order chi connectivity index (χ1) is 10.8. The average Bonchev–Trinajstić information content (AvgIpc) is 2.43. The molecule has 0 atom stereocenters. The highest BCUT2D eigenvalue weighted by molar-refractivity contribution is 6.35. The second-order valence-corrected chi connectivity index (χ2v) is 5.24. The van der Waals surface area contributed by atoms with Crippen LogP contribution in [0.2, 0.25) is 10.0 Å². The average molecular weight is 359 g/mol. The summed E-state index contributed by atoms with van der Waals surface area (Å²) in [5, 5.41) is 13.9. The standard InChI is InChI=1S/C14H9Cl2FN2O4/c15-8-3-9(16)5-11(4-8)18-14(20)7-23-13-6-10(17)1-2-12(13)19(21)22/h1-6H,7H2,(H,18,20). The normalized spacial score (nSPS) is 10.2. The van der Waals surface area contributed by atoms with E-state index in [2.05, 4.69) is 5.32 Å². The Labute approximate surface area is 139 Å². The van der Waals surface area contributed by atoms with Gasteiger partial charge in [0.15, 0.2) is 6.61 Å². The van der Waals surface area contributed by atoms with Crippen LogP contribution in [0.15, 0.2) is 36.4 Å². The van der Waals surface area contributed by atoms with Crippen molar-refractivity contribution in [3.05, 3.63) is 62.4 Å². The lowest BCUT2D eigenvalue weighted by Crippen LogP contribution is -2.20. The fourth-order valence-corrected chi connectivity index (χ4v) is 2.25. The third-order valence-corrected chi connectivity index (χ3v) is 3.06. The number of carbonyl (C=O) groups is 1. The van der Waals surface area contributed by atoms with E-state index in [1.807, 2.05) is 0 Å². The predicted octanol–water partition coefficient (Wildman–Crippen LogP) is 4.06. The van der Waals surface area contributed by atoms with E-state index < -0.39 is 28.9 Å². The van der Waals surface area contributed by atoms with Gasteiger partial charge in [-0.1, -0.05) is 23.2 Å². The Balaban J connectivity index is 2.04. The van der Waals surface area contributed by atoms with Gasteiger partial charge in [0.1, 0.15) is 5.82 Å². The molecular weight excluding hydrogens is 350 g/mol. The Bertz CT molecular complexity index is 750. The van der Waals surface area contributed by atoms with Crippen LogP contribution in [-0.4, -0.2) is 17.4 Å². The lowest BCUT2D eigenvalue weighted by atomic mass is 10.3. The third-order valence-electron chi connectivity index (χ3n) is 2.62. The van der Waals surface area contributed by atoms with E-state index in [1.54, 1.807) is 0 Å². The molecule has 0 saturated heterocycles. The Morgan fingerprint density at radius 1 is 1.22 bits per heavy atom. The van der Waals surface area contributed by atoms with Gasteiger partial charge in [0.05, 0.1) is 4.92 Å². The van der Waals surface area contributed by atoms with Crippen molar-refractivity contribution < 1.29 is 18.8 Å². The number of nitrogens with one attached hydrogen (secondary N) is 1. The number of ether oxygens (including phenoxy) is 1. The number of nitrogens with zero attached hydrogens (tertiary/aromatic N) is 1. The highest BCUT2D eigenvalue weighted by Crippen LogP contribution is 2.27. The van der Waals surface area contributed by atoms with Crippen LogP contribution in [0.1, 0.15) is 0 Å². The number of halogens is 3. The van der Waals surface area contributed by atoms with Gasteiger partial charge in [-0.3, -0.25) is 14.9 Å². The minimum absolute atomic E-state index is 0.328. The summed E-state index contributed by atoms with van der Waals surface area (Å²) in [7, 11) is 0. The van der Waals surface area contributed by atoms with E-state index in [9.17, 15) is 19.3 Å². The van der Waals surface area contributed by atoms with Crippen molar-refractivity contribution in [3.8, 4) is 5.75 Å². The number of hydrogen-bond acceptors (Lipinski definition) is 4. The van der Waals surface area contributed by atoms with E-state index in [0.717, 1.165) is 18.2 Å². The van der Waals surface area contributed by atoms with E-state index in [-0.39, 0.29) is 5.75 Å². The highest BCUT2D eigenvalue weighted by Gasteiger charge is 2.17. The fraction of sp³-hybridized carbons (Fsp3) is 0.0714. The van der Waals surface area contributed by atoms with Gasteiger partial charge in [-0.2, -0.15) is 0 Å². The number of anilines is 1. The minimum Gasteiger partial charge on any atom is -0.477 e. The zero-order valence-corrected chi connectivity index (χ0v) is 12.9. The van der Waals surface area contributed by atoms with Crippen molar-refractivity contribution in [2.75, 3.05) is 11.9 Å². The molecule has 0 aromatic heterocycles. The molecule has 0 spiro atoms. The number of hydrogen-bond donors (Lipinski definition) is 1. The number of rotatable bonds is 5. The number of benzene rings is 2. The largest absolute Gasteiger partial charge is 0.477 e. The minimum atomic E-state index is -0.733. The van der Waals surface area contributed by atoms with Gasteiger partial charge in [-0.15, -0.1) is 0 Å². The first-order valence-electron chi connectivity index (χ1n) is 6.18. The lowest BCUT2D eigenvalue weighted by molar-refractivity contribution is -0.385. The molecule has 0 aliphatic rings. The molecule has 1 N–H and O–H groups in total. The van der Waals surface area contributed by atoms with E-state index in [1.165, 1.54) is 18.2 Å². The maximum Gasteiger partial charge on any atom is 0.311 e. The van der Waals surface area contributed by atoms with Crippen LogP contribution in [-0.2, 0) is 4.79 Å². The van der Waals surface area contributed by atoms with Crippen molar-refractivity contribution in [2.24, 2.45) is 0 Å². The molecule has 0 aliphatic carbocycles. The van der Waals surface area contributed by atoms with Crippen LogP contribution in [0.25, 0.3) is 0 Å². The predicted molar refractivity (Wildman–Crippen MR) is 83.6 cm³/mol. The first-order valence-corrected chi connectivity index (χ1v) is 6.93. The molecule has 0 aliphatic heterocycles. The maximum absolute atomic E-state index is 13.1. The summed E-state index contributed by atoms with van der Waals surface area (Å²) in [5.41, 5.74) is -0.102. The molecule has 0 radical (unpaired) electrons. The van der Waals surface area contributed by atoms with E-state index in [0.29, 0.717) is 15.7 Å². The molecule has 23 heavy (non-hydrogen) atoms. The van der Waals surface area contributed by atoms with Gasteiger partial charge in [-0.05, 0) is 24.3 Å². The second kappa shape index (κ2) is 7.26. The van der Waals surface area contributed by atoms with E-state index in [4.69, 9.17) is 27.9 Å². The summed E-state index contributed by atoms with van der Waals surface area (Å²) in [5.74, 6) is -1.66. The Morgan fingerprint density at radius 3 is 2.48 bits per heavy atom. The number of carbonyl (C=O) groups excluding carboxylic acids is 1. The van der Waals surface area contributed by atoms with Crippen molar-refractivity contribution in [1.82, 2.24) is 0 Å². The quantitative estimate of drug-likeness (QED) is 0.645. The molecule has 0 heterocycles. The van der Waals surface area contributed by atoms with Crippen LogP contribution < -0.4 is 10.1 Å². The van der Waals surface area contributed by atoms with Crippen molar-refractivity contribution >= 4 is 40.5 Å². The first kappa shape index (κ1) is 17.0. The molecule has 120 valence electrons. The molecule has 9 heteroatoms. The zero-order chi connectivity index (χ0) is 17.0.